The number of nitrogens with zero attached hydrogens (tertiary/aromatic N) is 3. The van der Waals surface area contributed by atoms with Crippen LogP contribution in [-0.4, -0.2) is 15.0 Å². The summed E-state index contributed by atoms with van der Waals surface area (Å²) in [4.78, 5) is 16.2. The Bertz CT molecular complexity index is 3130. The van der Waals surface area contributed by atoms with E-state index in [4.69, 9.17) is 19.4 Å². The average molecular weight is 678 g/mol. The van der Waals surface area contributed by atoms with Gasteiger partial charge in [0, 0.05) is 27.5 Å². The number of fused-ring (bicyclic) bond motifs is 8. The van der Waals surface area contributed by atoms with Gasteiger partial charge >= 0.3 is 0 Å². The van der Waals surface area contributed by atoms with Crippen molar-refractivity contribution in [1.29, 1.82) is 0 Å². The van der Waals surface area contributed by atoms with Crippen molar-refractivity contribution >= 4 is 60.3 Å². The zero-order valence-corrected chi connectivity index (χ0v) is 28.8. The molecule has 0 fully saturated rings. The van der Waals surface area contributed by atoms with Gasteiger partial charge in [-0.1, -0.05) is 127 Å². The highest BCUT2D eigenvalue weighted by molar-refractivity contribution is 6.15. The maximum Gasteiger partial charge on any atom is 0.165 e. The van der Waals surface area contributed by atoms with Crippen molar-refractivity contribution < 1.29 is 4.42 Å². The zero-order chi connectivity index (χ0) is 34.9. The Morgan fingerprint density at radius 2 is 1.09 bits per heavy atom. The molecule has 0 bridgehead atoms. The van der Waals surface area contributed by atoms with E-state index in [-0.39, 0.29) is 0 Å². The van der Waals surface area contributed by atoms with Gasteiger partial charge in [-0.25, -0.2) is 15.0 Å². The van der Waals surface area contributed by atoms with Crippen LogP contribution in [0.25, 0.3) is 106 Å². The summed E-state index contributed by atoms with van der Waals surface area (Å²) in [7, 11) is 0. The van der Waals surface area contributed by atoms with E-state index in [1.165, 1.54) is 38.1 Å². The van der Waals surface area contributed by atoms with Crippen molar-refractivity contribution in [3.63, 3.8) is 0 Å². The lowest BCUT2D eigenvalue weighted by Gasteiger charge is -2.19. The van der Waals surface area contributed by atoms with Crippen LogP contribution < -0.4 is 0 Å². The van der Waals surface area contributed by atoms with Crippen molar-refractivity contribution in [2.75, 3.05) is 0 Å². The Balaban J connectivity index is 1.25. The molecule has 1 aliphatic carbocycles. The number of hydrogen-bond acceptors (Lipinski definition) is 4. The summed E-state index contributed by atoms with van der Waals surface area (Å²) >= 11 is 0. The lowest BCUT2D eigenvalue weighted by atomic mass is 9.88. The maximum absolute atomic E-state index is 6.50. The predicted octanol–water partition coefficient (Wildman–Crippen LogP) is 12.9. The van der Waals surface area contributed by atoms with Crippen molar-refractivity contribution in [3.8, 4) is 45.3 Å². The second-order valence-corrected chi connectivity index (χ2v) is 13.9. The third-order valence-corrected chi connectivity index (χ3v) is 10.8. The van der Waals surface area contributed by atoms with E-state index in [0.29, 0.717) is 17.5 Å². The number of benzene rings is 8. The van der Waals surface area contributed by atoms with Gasteiger partial charge in [-0.05, 0) is 104 Å². The van der Waals surface area contributed by atoms with E-state index in [1.54, 1.807) is 0 Å². The number of para-hydroxylation sites is 1. The molecule has 4 nitrogen and oxygen atoms in total. The van der Waals surface area contributed by atoms with Gasteiger partial charge in [0.1, 0.15) is 11.2 Å². The molecule has 0 amide bonds. The van der Waals surface area contributed by atoms with Crippen molar-refractivity contribution in [2.24, 2.45) is 0 Å². The summed E-state index contributed by atoms with van der Waals surface area (Å²) in [6.07, 6.45) is 6.44. The van der Waals surface area contributed by atoms with Crippen LogP contribution in [0.2, 0.25) is 0 Å². The van der Waals surface area contributed by atoms with Crippen LogP contribution in [0.3, 0.4) is 0 Å². The van der Waals surface area contributed by atoms with Crippen LogP contribution in [0, 0.1) is 0 Å². The molecule has 0 N–H and O–H groups in total. The van der Waals surface area contributed by atoms with E-state index in [9.17, 15) is 0 Å². The Labute approximate surface area is 305 Å². The van der Waals surface area contributed by atoms with E-state index in [1.807, 2.05) is 12.1 Å². The first kappa shape index (κ1) is 29.8. The highest BCUT2D eigenvalue weighted by Gasteiger charge is 2.24. The summed E-state index contributed by atoms with van der Waals surface area (Å²) in [6, 6.07) is 53.4. The van der Waals surface area contributed by atoms with Gasteiger partial charge in [-0.2, -0.15) is 0 Å². The molecule has 0 atom stereocenters. The van der Waals surface area contributed by atoms with Crippen LogP contribution >= 0.6 is 0 Å². The molecule has 2 heterocycles. The van der Waals surface area contributed by atoms with Gasteiger partial charge in [-0.15, -0.1) is 0 Å². The third kappa shape index (κ3) is 4.87. The Morgan fingerprint density at radius 1 is 0.453 bits per heavy atom. The van der Waals surface area contributed by atoms with Gasteiger partial charge in [0.15, 0.2) is 17.5 Å². The minimum absolute atomic E-state index is 0.617. The Hall–Kier alpha value is -6.91. The largest absolute Gasteiger partial charge is 0.456 e. The van der Waals surface area contributed by atoms with Gasteiger partial charge in [0.05, 0.1) is 0 Å². The number of hydrogen-bond donors (Lipinski definition) is 0. The van der Waals surface area contributed by atoms with Crippen molar-refractivity contribution in [1.82, 2.24) is 15.0 Å². The van der Waals surface area contributed by atoms with Gasteiger partial charge in [0.25, 0.3) is 0 Å². The molecule has 0 radical (unpaired) electrons. The van der Waals surface area contributed by atoms with Gasteiger partial charge in [0.2, 0.25) is 0 Å². The second-order valence-electron chi connectivity index (χ2n) is 13.9. The molecule has 2 aromatic heterocycles. The molecule has 0 saturated carbocycles. The molecular formula is C49H31N3O. The number of rotatable bonds is 4. The number of furan rings is 1. The quantitative estimate of drug-likeness (QED) is 0.186. The van der Waals surface area contributed by atoms with Crippen LogP contribution in [0.4, 0.5) is 0 Å². The summed E-state index contributed by atoms with van der Waals surface area (Å²) in [6.45, 7) is 0. The normalized spacial score (nSPS) is 12.7. The van der Waals surface area contributed by atoms with Crippen molar-refractivity contribution in [3.05, 3.63) is 169 Å². The van der Waals surface area contributed by atoms with E-state index >= 15 is 0 Å². The number of aromatic nitrogens is 3. The van der Waals surface area contributed by atoms with Crippen LogP contribution in [0.15, 0.2) is 162 Å². The molecule has 8 aromatic carbocycles. The molecule has 1 aliphatic rings. The van der Waals surface area contributed by atoms with Gasteiger partial charge < -0.3 is 4.42 Å². The SMILES string of the molecule is C1=Cc2c(c(-c3nc(-c4ccc5ccccc5c4)nc(-c4c(-c5ccc6ccccc6c5)ccc5oc6ccccc6c45)n3)cc3ccccc23)CC1. The third-order valence-electron chi connectivity index (χ3n) is 10.8. The Kier molecular flexibility index (Phi) is 6.65. The van der Waals surface area contributed by atoms with Crippen molar-refractivity contribution in [2.45, 2.75) is 12.8 Å². The summed E-state index contributed by atoms with van der Waals surface area (Å²) < 4.78 is 6.50. The summed E-state index contributed by atoms with van der Waals surface area (Å²) in [5.41, 5.74) is 9.21. The minimum Gasteiger partial charge on any atom is -0.456 e. The molecule has 248 valence electrons. The molecule has 0 aliphatic heterocycles. The minimum atomic E-state index is 0.617. The molecule has 0 saturated heterocycles. The maximum atomic E-state index is 6.50. The van der Waals surface area contributed by atoms with E-state index in [0.717, 1.165) is 68.0 Å². The molecular weight excluding hydrogens is 647 g/mol. The van der Waals surface area contributed by atoms with Crippen LogP contribution in [-0.2, 0) is 6.42 Å². The zero-order valence-electron chi connectivity index (χ0n) is 28.8. The highest BCUT2D eigenvalue weighted by atomic mass is 16.3. The summed E-state index contributed by atoms with van der Waals surface area (Å²) in [5.74, 6) is 1.93. The fourth-order valence-corrected chi connectivity index (χ4v) is 8.22. The molecule has 0 unspecified atom stereocenters. The molecule has 10 aromatic rings. The first-order valence-electron chi connectivity index (χ1n) is 18.2. The fraction of sp³-hybridized carbons (Fsp3) is 0.0408. The Morgan fingerprint density at radius 3 is 1.91 bits per heavy atom. The smallest absolute Gasteiger partial charge is 0.165 e. The topological polar surface area (TPSA) is 51.8 Å². The lowest BCUT2D eigenvalue weighted by molar-refractivity contribution is 0.669. The second kappa shape index (κ2) is 11.8. The molecule has 4 heteroatoms. The highest BCUT2D eigenvalue weighted by Crippen LogP contribution is 2.44. The predicted molar refractivity (Wildman–Crippen MR) is 219 cm³/mol. The lowest BCUT2D eigenvalue weighted by Crippen LogP contribution is -2.05. The standard InChI is InChI=1S/C49H31N3O/c1-3-13-32-27-35(23-21-30(32)11-1)38-25-26-44-45(41-19-9-10-20-43(41)53-44)46(38)49-51-47(36-24-22-31-12-2-4-14-33(31)28-36)50-48(52-49)42-29-34-15-5-6-16-37(34)39-17-7-8-18-40(39)42/h1-7,9-17,19-29H,8,18H2. The molecule has 53 heavy (non-hydrogen) atoms. The average Bonchev–Trinajstić information content (AvgIpc) is 3.61. The number of allylic oxidation sites excluding steroid dienone is 1. The molecule has 11 rings (SSSR count). The van der Waals surface area contributed by atoms with Gasteiger partial charge in [-0.3, -0.25) is 0 Å². The van der Waals surface area contributed by atoms with Crippen LogP contribution in [0.1, 0.15) is 17.5 Å². The first-order chi connectivity index (χ1) is 26.2. The van der Waals surface area contributed by atoms with Crippen LogP contribution in [0.5, 0.6) is 0 Å². The fourth-order valence-electron chi connectivity index (χ4n) is 8.22. The van der Waals surface area contributed by atoms with E-state index < -0.39 is 0 Å². The monoisotopic (exact) mass is 677 g/mol. The molecule has 0 spiro atoms. The summed E-state index contributed by atoms with van der Waals surface area (Å²) in [5, 5.41) is 9.14. The van der Waals surface area contributed by atoms with E-state index in [2.05, 4.69) is 152 Å². The first-order valence-corrected chi connectivity index (χ1v) is 18.2.